The van der Waals surface area contributed by atoms with Crippen LogP contribution in [0.15, 0.2) is 36.8 Å². The van der Waals surface area contributed by atoms with E-state index in [2.05, 4.69) is 31.6 Å². The van der Waals surface area contributed by atoms with Crippen molar-refractivity contribution in [3.63, 3.8) is 0 Å². The zero-order valence-corrected chi connectivity index (χ0v) is 16.1. The fourth-order valence-corrected chi connectivity index (χ4v) is 3.84. The molecule has 3 aromatic heterocycles. The van der Waals surface area contributed by atoms with Crippen molar-refractivity contribution in [1.29, 1.82) is 0 Å². The molecule has 1 aliphatic heterocycles. The molecule has 7 nitrogen and oxygen atoms in total. The molecule has 5 rings (SSSR count). The molecule has 29 heavy (non-hydrogen) atoms. The number of pyridine rings is 1. The molecule has 1 fully saturated rings. The normalized spacial score (nSPS) is 15.2. The van der Waals surface area contributed by atoms with Crippen molar-refractivity contribution in [2.75, 3.05) is 18.8 Å². The standard InChI is InChI=1S/C21H22FN7/c1-12-6-18-19(8-17(12)22)28-21(27-18)16-7-13(9-25-20(16)23)14-10-26-29(11-14)15-2-4-24-5-3-15/h6-11,15,24H,2-5H2,1H3,(H2,23,25)(H,27,28). The van der Waals surface area contributed by atoms with E-state index < -0.39 is 0 Å². The van der Waals surface area contributed by atoms with Crippen LogP contribution >= 0.6 is 0 Å². The number of hydrogen-bond acceptors (Lipinski definition) is 5. The number of nitrogens with two attached hydrogens (primary N) is 1. The third kappa shape index (κ3) is 3.25. The first-order valence-electron chi connectivity index (χ1n) is 9.75. The average Bonchev–Trinajstić information content (AvgIpc) is 3.37. The van der Waals surface area contributed by atoms with Crippen LogP contribution in [0.3, 0.4) is 0 Å². The third-order valence-corrected chi connectivity index (χ3v) is 5.55. The Morgan fingerprint density at radius 3 is 2.79 bits per heavy atom. The maximum Gasteiger partial charge on any atom is 0.142 e. The monoisotopic (exact) mass is 391 g/mol. The van der Waals surface area contributed by atoms with E-state index in [0.29, 0.717) is 39.8 Å². The van der Waals surface area contributed by atoms with Crippen LogP contribution in [0.25, 0.3) is 33.5 Å². The summed E-state index contributed by atoms with van der Waals surface area (Å²) in [5.41, 5.74) is 10.6. The van der Waals surface area contributed by atoms with Gasteiger partial charge in [-0.2, -0.15) is 5.10 Å². The summed E-state index contributed by atoms with van der Waals surface area (Å²) in [5.74, 6) is 0.677. The number of aryl methyl sites for hydroxylation is 1. The van der Waals surface area contributed by atoms with Crippen molar-refractivity contribution in [3.05, 3.63) is 48.2 Å². The maximum absolute atomic E-state index is 13.9. The van der Waals surface area contributed by atoms with E-state index >= 15 is 0 Å². The van der Waals surface area contributed by atoms with Gasteiger partial charge in [0, 0.05) is 23.5 Å². The van der Waals surface area contributed by atoms with Gasteiger partial charge in [0.2, 0.25) is 0 Å². The number of nitrogens with one attached hydrogen (secondary N) is 2. The van der Waals surface area contributed by atoms with Gasteiger partial charge < -0.3 is 16.0 Å². The number of aromatic nitrogens is 5. The molecule has 1 saturated heterocycles. The number of nitrogens with zero attached hydrogens (tertiary/aromatic N) is 4. The number of benzene rings is 1. The Hall–Kier alpha value is -3.26. The number of halogens is 1. The van der Waals surface area contributed by atoms with E-state index in [1.165, 1.54) is 6.07 Å². The Balaban J connectivity index is 1.51. The quantitative estimate of drug-likeness (QED) is 0.497. The van der Waals surface area contributed by atoms with Gasteiger partial charge in [0.25, 0.3) is 0 Å². The first-order valence-corrected chi connectivity index (χ1v) is 9.75. The highest BCUT2D eigenvalue weighted by atomic mass is 19.1. The number of piperidine rings is 1. The number of nitrogen functional groups attached to an aromatic ring is 1. The van der Waals surface area contributed by atoms with Crippen LogP contribution < -0.4 is 11.1 Å². The second kappa shape index (κ2) is 6.97. The number of fused-ring (bicyclic) bond motifs is 1. The van der Waals surface area contributed by atoms with Crippen molar-refractivity contribution in [2.24, 2.45) is 0 Å². The highest BCUT2D eigenvalue weighted by Crippen LogP contribution is 2.30. The fraction of sp³-hybridized carbons (Fsp3) is 0.286. The minimum Gasteiger partial charge on any atom is -0.383 e. The number of anilines is 1. The third-order valence-electron chi connectivity index (χ3n) is 5.55. The Kier molecular flexibility index (Phi) is 4.28. The summed E-state index contributed by atoms with van der Waals surface area (Å²) < 4.78 is 15.9. The molecule has 4 heterocycles. The Labute approximate surface area is 167 Å². The molecule has 0 atom stereocenters. The second-order valence-corrected chi connectivity index (χ2v) is 7.55. The van der Waals surface area contributed by atoms with Crippen molar-refractivity contribution >= 4 is 16.9 Å². The highest BCUT2D eigenvalue weighted by Gasteiger charge is 2.17. The number of H-pyrrole nitrogens is 1. The predicted octanol–water partition coefficient (Wildman–Crippen LogP) is 3.44. The van der Waals surface area contributed by atoms with Crippen molar-refractivity contribution in [1.82, 2.24) is 30.0 Å². The van der Waals surface area contributed by atoms with Crippen LogP contribution in [-0.4, -0.2) is 37.8 Å². The summed E-state index contributed by atoms with van der Waals surface area (Å²) in [4.78, 5) is 12.1. The molecule has 0 unspecified atom stereocenters. The van der Waals surface area contributed by atoms with Crippen LogP contribution in [0.4, 0.5) is 10.2 Å². The smallest absolute Gasteiger partial charge is 0.142 e. The molecule has 148 valence electrons. The molecule has 4 N–H and O–H groups in total. The highest BCUT2D eigenvalue weighted by molar-refractivity contribution is 5.83. The minimum absolute atomic E-state index is 0.266. The summed E-state index contributed by atoms with van der Waals surface area (Å²) in [6, 6.07) is 5.55. The first kappa shape index (κ1) is 17.8. The predicted molar refractivity (Wildman–Crippen MR) is 111 cm³/mol. The Morgan fingerprint density at radius 2 is 1.97 bits per heavy atom. The van der Waals surface area contributed by atoms with Crippen LogP contribution in [0.1, 0.15) is 24.4 Å². The SMILES string of the molecule is Cc1cc2nc(-c3cc(-c4cnn(C5CCNCC5)c4)cnc3N)[nH]c2cc1F. The summed E-state index contributed by atoms with van der Waals surface area (Å²) in [5, 5.41) is 7.93. The maximum atomic E-state index is 13.9. The number of hydrogen-bond donors (Lipinski definition) is 3. The van der Waals surface area contributed by atoms with E-state index in [4.69, 9.17) is 5.73 Å². The number of rotatable bonds is 3. The lowest BCUT2D eigenvalue weighted by molar-refractivity contribution is 0.343. The molecule has 4 aromatic rings. The van der Waals surface area contributed by atoms with Crippen LogP contribution in [0.5, 0.6) is 0 Å². The molecule has 0 amide bonds. The largest absolute Gasteiger partial charge is 0.383 e. The summed E-state index contributed by atoms with van der Waals surface area (Å²) >= 11 is 0. The van der Waals surface area contributed by atoms with Gasteiger partial charge in [-0.05, 0) is 56.6 Å². The molecule has 1 aliphatic rings. The average molecular weight is 391 g/mol. The molecule has 8 heteroatoms. The van der Waals surface area contributed by atoms with Gasteiger partial charge in [0.05, 0.1) is 28.8 Å². The lowest BCUT2D eigenvalue weighted by atomic mass is 10.1. The summed E-state index contributed by atoms with van der Waals surface area (Å²) in [6.45, 7) is 3.75. The van der Waals surface area contributed by atoms with E-state index in [0.717, 1.165) is 37.1 Å². The van der Waals surface area contributed by atoms with Gasteiger partial charge in [-0.3, -0.25) is 4.68 Å². The first-order chi connectivity index (χ1) is 14.1. The van der Waals surface area contributed by atoms with Crippen LogP contribution in [0.2, 0.25) is 0 Å². The summed E-state index contributed by atoms with van der Waals surface area (Å²) in [7, 11) is 0. The molecule has 0 aliphatic carbocycles. The van der Waals surface area contributed by atoms with E-state index in [1.807, 2.05) is 16.9 Å². The Bertz CT molecular complexity index is 1150. The minimum atomic E-state index is -0.266. The molecule has 0 saturated carbocycles. The zero-order valence-electron chi connectivity index (χ0n) is 16.1. The van der Waals surface area contributed by atoms with Crippen molar-refractivity contribution in [3.8, 4) is 22.5 Å². The molecular weight excluding hydrogens is 369 g/mol. The van der Waals surface area contributed by atoms with Gasteiger partial charge in [-0.1, -0.05) is 0 Å². The van der Waals surface area contributed by atoms with E-state index in [1.54, 1.807) is 19.2 Å². The topological polar surface area (TPSA) is 97.4 Å². The van der Waals surface area contributed by atoms with Crippen molar-refractivity contribution < 1.29 is 4.39 Å². The van der Waals surface area contributed by atoms with E-state index in [9.17, 15) is 4.39 Å². The van der Waals surface area contributed by atoms with Crippen LogP contribution in [0, 0.1) is 12.7 Å². The molecule has 0 radical (unpaired) electrons. The van der Waals surface area contributed by atoms with Gasteiger partial charge in [-0.15, -0.1) is 0 Å². The summed E-state index contributed by atoms with van der Waals surface area (Å²) in [6.07, 6.45) is 7.80. The van der Waals surface area contributed by atoms with Gasteiger partial charge in [0.1, 0.15) is 17.5 Å². The second-order valence-electron chi connectivity index (χ2n) is 7.55. The van der Waals surface area contributed by atoms with Gasteiger partial charge in [-0.25, -0.2) is 14.4 Å². The van der Waals surface area contributed by atoms with E-state index in [-0.39, 0.29) is 5.82 Å². The number of imidazole rings is 1. The van der Waals surface area contributed by atoms with Crippen LogP contribution in [-0.2, 0) is 0 Å². The zero-order chi connectivity index (χ0) is 20.0. The fourth-order valence-electron chi connectivity index (χ4n) is 3.84. The molecule has 0 bridgehead atoms. The molecule has 1 aromatic carbocycles. The Morgan fingerprint density at radius 1 is 1.14 bits per heavy atom. The van der Waals surface area contributed by atoms with Gasteiger partial charge >= 0.3 is 0 Å². The molecule has 0 spiro atoms. The van der Waals surface area contributed by atoms with Gasteiger partial charge in [0.15, 0.2) is 0 Å². The lowest BCUT2D eigenvalue weighted by Gasteiger charge is -2.22. The number of aromatic amines is 1. The molecular formula is C21H22FN7. The van der Waals surface area contributed by atoms with Crippen molar-refractivity contribution in [2.45, 2.75) is 25.8 Å². The lowest BCUT2D eigenvalue weighted by Crippen LogP contribution is -2.29.